The van der Waals surface area contributed by atoms with Crippen molar-refractivity contribution >= 4 is 23.2 Å². The zero-order valence-corrected chi connectivity index (χ0v) is 14.2. The normalized spacial score (nSPS) is 20.2. The summed E-state index contributed by atoms with van der Waals surface area (Å²) in [6.07, 6.45) is 7.24. The van der Waals surface area contributed by atoms with Crippen LogP contribution in [0.5, 0.6) is 0 Å². The van der Waals surface area contributed by atoms with E-state index in [1.54, 1.807) is 0 Å². The van der Waals surface area contributed by atoms with Gasteiger partial charge in [0.2, 0.25) is 11.8 Å². The monoisotopic (exact) mass is 333 g/mol. The van der Waals surface area contributed by atoms with Crippen LogP contribution in [0, 0.1) is 0 Å². The minimum atomic E-state index is -0.230. The first-order valence-electron chi connectivity index (χ1n) is 8.34. The van der Waals surface area contributed by atoms with E-state index in [2.05, 4.69) is 11.9 Å². The maximum Gasteiger partial charge on any atom is 0.243 e. The smallest absolute Gasteiger partial charge is 0.243 e. The van der Waals surface area contributed by atoms with Gasteiger partial charge in [-0.3, -0.25) is 9.59 Å². The Labute approximate surface area is 140 Å². The molecule has 1 unspecified atom stereocenters. The lowest BCUT2D eigenvalue weighted by Gasteiger charge is -2.32. The summed E-state index contributed by atoms with van der Waals surface area (Å²) in [6.45, 7) is 5.35. The van der Waals surface area contributed by atoms with Crippen molar-refractivity contribution in [2.45, 2.75) is 44.4 Å². The number of nitrogens with one attached hydrogen (secondary N) is 1. The number of amides is 2. The quantitative estimate of drug-likeness (QED) is 0.839. The highest BCUT2D eigenvalue weighted by atomic mass is 32.1. The second-order valence-corrected chi connectivity index (χ2v) is 7.31. The van der Waals surface area contributed by atoms with Crippen molar-refractivity contribution in [3.8, 4) is 0 Å². The average molecular weight is 333 g/mol. The molecule has 2 aliphatic rings. The SMILES string of the molecule is C=CC(=O)NCCC(=O)N1CCCC(c2nc3c(s2)CCC3)C1. The Morgan fingerprint density at radius 3 is 3.04 bits per heavy atom. The van der Waals surface area contributed by atoms with E-state index in [0.29, 0.717) is 18.9 Å². The third-order valence-corrected chi connectivity index (χ3v) is 5.88. The summed E-state index contributed by atoms with van der Waals surface area (Å²) in [5.41, 5.74) is 1.29. The molecule has 1 aromatic heterocycles. The van der Waals surface area contributed by atoms with Crippen molar-refractivity contribution in [2.75, 3.05) is 19.6 Å². The second-order valence-electron chi connectivity index (χ2n) is 6.20. The first kappa shape index (κ1) is 16.2. The maximum atomic E-state index is 12.3. The predicted molar refractivity (Wildman–Crippen MR) is 90.5 cm³/mol. The number of hydrogen-bond acceptors (Lipinski definition) is 4. The van der Waals surface area contributed by atoms with Crippen molar-refractivity contribution in [3.05, 3.63) is 28.2 Å². The molecule has 23 heavy (non-hydrogen) atoms. The lowest BCUT2D eigenvalue weighted by molar-refractivity contribution is -0.132. The van der Waals surface area contributed by atoms with Crippen LogP contribution in [-0.2, 0) is 22.4 Å². The van der Waals surface area contributed by atoms with Gasteiger partial charge in [0, 0.05) is 36.9 Å². The number of fused-ring (bicyclic) bond motifs is 1. The van der Waals surface area contributed by atoms with Crippen LogP contribution >= 0.6 is 11.3 Å². The number of carbonyl (C=O) groups excluding carboxylic acids is 2. The molecule has 2 amide bonds. The van der Waals surface area contributed by atoms with Crippen LogP contribution in [0.25, 0.3) is 0 Å². The van der Waals surface area contributed by atoms with E-state index in [0.717, 1.165) is 32.4 Å². The molecule has 3 rings (SSSR count). The molecule has 0 saturated carbocycles. The van der Waals surface area contributed by atoms with Crippen molar-refractivity contribution < 1.29 is 9.59 Å². The minimum Gasteiger partial charge on any atom is -0.352 e. The van der Waals surface area contributed by atoms with E-state index in [1.807, 2.05) is 16.2 Å². The Balaban J connectivity index is 1.54. The molecule has 0 bridgehead atoms. The highest BCUT2D eigenvalue weighted by molar-refractivity contribution is 7.11. The molecule has 1 aromatic rings. The second kappa shape index (κ2) is 7.25. The molecule has 1 saturated heterocycles. The van der Waals surface area contributed by atoms with Gasteiger partial charge >= 0.3 is 0 Å². The van der Waals surface area contributed by atoms with E-state index >= 15 is 0 Å². The number of carbonyl (C=O) groups is 2. The summed E-state index contributed by atoms with van der Waals surface area (Å²) >= 11 is 1.85. The van der Waals surface area contributed by atoms with Crippen LogP contribution in [-0.4, -0.2) is 41.3 Å². The molecular weight excluding hydrogens is 310 g/mol. The first-order valence-corrected chi connectivity index (χ1v) is 9.15. The number of aryl methyl sites for hydroxylation is 2. The van der Waals surface area contributed by atoms with Crippen molar-refractivity contribution in [1.29, 1.82) is 0 Å². The van der Waals surface area contributed by atoms with Gasteiger partial charge in [0.05, 0.1) is 10.7 Å². The summed E-state index contributed by atoms with van der Waals surface area (Å²) in [4.78, 5) is 31.6. The van der Waals surface area contributed by atoms with Crippen LogP contribution in [0.2, 0.25) is 0 Å². The molecule has 6 heteroatoms. The van der Waals surface area contributed by atoms with Gasteiger partial charge in [0.1, 0.15) is 0 Å². The molecule has 2 heterocycles. The van der Waals surface area contributed by atoms with Gasteiger partial charge in [-0.1, -0.05) is 6.58 Å². The fourth-order valence-corrected chi connectivity index (χ4v) is 4.59. The molecule has 0 spiro atoms. The lowest BCUT2D eigenvalue weighted by Crippen LogP contribution is -2.40. The van der Waals surface area contributed by atoms with E-state index in [4.69, 9.17) is 4.98 Å². The van der Waals surface area contributed by atoms with Gasteiger partial charge in [0.25, 0.3) is 0 Å². The molecule has 1 aliphatic carbocycles. The standard InChI is InChI=1S/C17H23N3O2S/c1-2-15(21)18-9-8-16(22)20-10-4-5-12(11-20)17-19-13-6-3-7-14(13)23-17/h2,12H,1,3-11H2,(H,18,21). The number of piperidine rings is 1. The van der Waals surface area contributed by atoms with Gasteiger partial charge in [-0.05, 0) is 38.2 Å². The van der Waals surface area contributed by atoms with Crippen molar-refractivity contribution in [2.24, 2.45) is 0 Å². The highest BCUT2D eigenvalue weighted by Crippen LogP contribution is 2.35. The molecular formula is C17H23N3O2S. The molecule has 124 valence electrons. The van der Waals surface area contributed by atoms with Crippen LogP contribution in [0.15, 0.2) is 12.7 Å². The lowest BCUT2D eigenvalue weighted by atomic mass is 9.98. The summed E-state index contributed by atoms with van der Waals surface area (Å²) < 4.78 is 0. The summed E-state index contributed by atoms with van der Waals surface area (Å²) in [5, 5.41) is 3.87. The van der Waals surface area contributed by atoms with E-state index in [1.165, 1.54) is 34.5 Å². The van der Waals surface area contributed by atoms with E-state index < -0.39 is 0 Å². The highest BCUT2D eigenvalue weighted by Gasteiger charge is 2.28. The number of thiazole rings is 1. The number of likely N-dealkylation sites (tertiary alicyclic amines) is 1. The van der Waals surface area contributed by atoms with Crippen molar-refractivity contribution in [1.82, 2.24) is 15.2 Å². The zero-order valence-electron chi connectivity index (χ0n) is 13.3. The molecule has 1 fully saturated rings. The number of rotatable bonds is 5. The average Bonchev–Trinajstić information content (AvgIpc) is 3.16. The maximum absolute atomic E-state index is 12.3. The van der Waals surface area contributed by atoms with Gasteiger partial charge in [-0.15, -0.1) is 11.3 Å². The Morgan fingerprint density at radius 1 is 1.39 bits per heavy atom. The first-order chi connectivity index (χ1) is 11.2. The Bertz CT molecular complexity index is 589. The van der Waals surface area contributed by atoms with Gasteiger partial charge in [0.15, 0.2) is 0 Å². The summed E-state index contributed by atoms with van der Waals surface area (Å²) in [5.74, 6) is 0.265. The summed E-state index contributed by atoms with van der Waals surface area (Å²) in [6, 6.07) is 0. The Morgan fingerprint density at radius 2 is 2.26 bits per heavy atom. The van der Waals surface area contributed by atoms with Gasteiger partial charge in [-0.25, -0.2) is 4.98 Å². The van der Waals surface area contributed by atoms with E-state index in [9.17, 15) is 9.59 Å². The fraction of sp³-hybridized carbons (Fsp3) is 0.588. The Hall–Kier alpha value is -1.69. The van der Waals surface area contributed by atoms with Crippen LogP contribution < -0.4 is 5.32 Å². The molecule has 0 aromatic carbocycles. The minimum absolute atomic E-state index is 0.114. The zero-order chi connectivity index (χ0) is 16.2. The number of aromatic nitrogens is 1. The van der Waals surface area contributed by atoms with Crippen LogP contribution in [0.3, 0.4) is 0 Å². The largest absolute Gasteiger partial charge is 0.352 e. The van der Waals surface area contributed by atoms with Crippen LogP contribution in [0.1, 0.15) is 47.2 Å². The van der Waals surface area contributed by atoms with E-state index in [-0.39, 0.29) is 11.8 Å². The molecule has 0 radical (unpaired) electrons. The molecule has 1 N–H and O–H groups in total. The molecule has 5 nitrogen and oxygen atoms in total. The Kier molecular flexibility index (Phi) is 5.10. The number of nitrogens with zero attached hydrogens (tertiary/aromatic N) is 2. The fourth-order valence-electron chi connectivity index (χ4n) is 3.31. The number of hydrogen-bond donors (Lipinski definition) is 1. The van der Waals surface area contributed by atoms with Gasteiger partial charge < -0.3 is 10.2 Å². The predicted octanol–water partition coefficient (Wildman–Crippen LogP) is 2.03. The molecule has 1 atom stereocenters. The van der Waals surface area contributed by atoms with Crippen LogP contribution in [0.4, 0.5) is 0 Å². The van der Waals surface area contributed by atoms with Crippen molar-refractivity contribution in [3.63, 3.8) is 0 Å². The summed E-state index contributed by atoms with van der Waals surface area (Å²) in [7, 11) is 0. The third-order valence-electron chi connectivity index (χ3n) is 4.56. The van der Waals surface area contributed by atoms with Gasteiger partial charge in [-0.2, -0.15) is 0 Å². The third kappa shape index (κ3) is 3.80. The topological polar surface area (TPSA) is 62.3 Å². The molecule has 1 aliphatic heterocycles.